The Hall–Kier alpha value is -3.12. The molecule has 0 amide bonds. The summed E-state index contributed by atoms with van der Waals surface area (Å²) in [7, 11) is 1.70. The Bertz CT molecular complexity index is 1540. The molecule has 0 fully saturated rings. The number of nitrogens with zero attached hydrogens (tertiary/aromatic N) is 4. The van der Waals surface area contributed by atoms with Crippen LogP contribution in [0.15, 0.2) is 46.9 Å². The van der Waals surface area contributed by atoms with Crippen LogP contribution in [0, 0.1) is 27.7 Å². The van der Waals surface area contributed by atoms with Crippen molar-refractivity contribution in [2.24, 2.45) is 0 Å². The average Bonchev–Trinajstić information content (AvgIpc) is 3.32. The summed E-state index contributed by atoms with van der Waals surface area (Å²) in [4.78, 5) is 5.10. The summed E-state index contributed by atoms with van der Waals surface area (Å²) < 4.78 is 10.9. The van der Waals surface area contributed by atoms with E-state index in [2.05, 4.69) is 90.0 Å². The molecule has 0 N–H and O–H groups in total. The van der Waals surface area contributed by atoms with Gasteiger partial charge in [0.2, 0.25) is 0 Å². The van der Waals surface area contributed by atoms with Crippen LogP contribution in [0.5, 0.6) is 5.75 Å². The fourth-order valence-corrected chi connectivity index (χ4v) is 6.02. The van der Waals surface area contributed by atoms with Gasteiger partial charge in [0.05, 0.1) is 24.1 Å². The lowest BCUT2D eigenvalue weighted by Gasteiger charge is -2.13. The van der Waals surface area contributed by atoms with E-state index in [1.165, 1.54) is 22.4 Å². The zero-order valence-electron chi connectivity index (χ0n) is 21.2. The molecule has 0 bridgehead atoms. The predicted octanol–water partition coefficient (Wildman–Crippen LogP) is 7.36. The van der Waals surface area contributed by atoms with Crippen LogP contribution in [0.3, 0.4) is 0 Å². The lowest BCUT2D eigenvalue weighted by molar-refractivity contribution is 0.414. The third kappa shape index (κ3) is 4.04. The molecule has 3 aromatic heterocycles. The van der Waals surface area contributed by atoms with Gasteiger partial charge in [-0.3, -0.25) is 0 Å². The fraction of sp³-hybridized carbons (Fsp3) is 0.310. The number of fused-ring (bicyclic) bond motifs is 3. The predicted molar refractivity (Wildman–Crippen MR) is 147 cm³/mol. The molecule has 0 aliphatic carbocycles. The summed E-state index contributed by atoms with van der Waals surface area (Å²) in [6.07, 6.45) is 2.08. The van der Waals surface area contributed by atoms with Crippen LogP contribution in [0.2, 0.25) is 0 Å². The molecule has 0 unspecified atom stereocenters. The van der Waals surface area contributed by atoms with Gasteiger partial charge >= 0.3 is 0 Å². The molecule has 0 radical (unpaired) electrons. The van der Waals surface area contributed by atoms with Crippen molar-refractivity contribution in [3.63, 3.8) is 0 Å². The van der Waals surface area contributed by atoms with Gasteiger partial charge in [0.1, 0.15) is 11.4 Å². The van der Waals surface area contributed by atoms with Crippen LogP contribution in [0.1, 0.15) is 47.1 Å². The first-order valence-electron chi connectivity index (χ1n) is 12.1. The highest BCUT2D eigenvalue weighted by atomic mass is 79.9. The first-order valence-corrected chi connectivity index (χ1v) is 12.9. The average molecular weight is 531 g/mol. The van der Waals surface area contributed by atoms with Gasteiger partial charge in [0, 0.05) is 27.7 Å². The molecule has 0 spiro atoms. The molecule has 2 aromatic carbocycles. The first-order chi connectivity index (χ1) is 16.8. The molecule has 180 valence electrons. The number of hydrogen-bond acceptors (Lipinski definition) is 3. The van der Waals surface area contributed by atoms with Gasteiger partial charge in [-0.15, -0.1) is 0 Å². The van der Waals surface area contributed by atoms with Crippen molar-refractivity contribution in [3.05, 3.63) is 80.7 Å². The van der Waals surface area contributed by atoms with Gasteiger partial charge in [-0.1, -0.05) is 47.5 Å². The molecule has 0 aliphatic rings. The highest BCUT2D eigenvalue weighted by molar-refractivity contribution is 9.10. The Morgan fingerprint density at radius 1 is 0.943 bits per heavy atom. The Balaban J connectivity index is 1.79. The van der Waals surface area contributed by atoms with Gasteiger partial charge in [-0.2, -0.15) is 9.61 Å². The lowest BCUT2D eigenvalue weighted by atomic mass is 9.99. The smallest absolute Gasteiger partial charge is 0.165 e. The van der Waals surface area contributed by atoms with E-state index in [1.54, 1.807) is 7.11 Å². The highest BCUT2D eigenvalue weighted by Crippen LogP contribution is 2.38. The third-order valence-electron chi connectivity index (χ3n) is 6.74. The normalized spacial score (nSPS) is 11.6. The van der Waals surface area contributed by atoms with Crippen LogP contribution >= 0.6 is 15.9 Å². The molecule has 0 aliphatic heterocycles. The van der Waals surface area contributed by atoms with Gasteiger partial charge in [0.15, 0.2) is 5.65 Å². The second-order valence-electron chi connectivity index (χ2n) is 9.39. The summed E-state index contributed by atoms with van der Waals surface area (Å²) in [5.41, 5.74) is 11.2. The molecule has 5 nitrogen and oxygen atoms in total. The van der Waals surface area contributed by atoms with Crippen molar-refractivity contribution in [1.29, 1.82) is 0 Å². The Morgan fingerprint density at radius 3 is 2.34 bits per heavy atom. The van der Waals surface area contributed by atoms with Gasteiger partial charge < -0.3 is 9.30 Å². The number of methoxy groups -OCH3 is 1. The van der Waals surface area contributed by atoms with Gasteiger partial charge in [0.25, 0.3) is 0 Å². The summed E-state index contributed by atoms with van der Waals surface area (Å²) in [5, 5.41) is 6.21. The minimum atomic E-state index is 0.767. The standard InChI is InChI=1S/C29H31BrN4O/c1-7-8-22-15-24-19(4)31-28-27(26-18(3)13-17(2)14-25(26)30)20(5)32-34(28)29(24)33(22)16-21-9-11-23(35-6)12-10-21/h9-15H,7-8,16H2,1-6H3. The molecule has 0 atom stereocenters. The van der Waals surface area contributed by atoms with Gasteiger partial charge in [-0.05, 0) is 75.1 Å². The fourth-order valence-electron chi connectivity index (χ4n) is 5.15. The van der Waals surface area contributed by atoms with Crippen molar-refractivity contribution in [2.45, 2.75) is 54.0 Å². The van der Waals surface area contributed by atoms with Crippen molar-refractivity contribution >= 4 is 32.6 Å². The number of rotatable bonds is 6. The van der Waals surface area contributed by atoms with Crippen LogP contribution in [-0.4, -0.2) is 26.3 Å². The maximum absolute atomic E-state index is 5.36. The van der Waals surface area contributed by atoms with E-state index in [-0.39, 0.29) is 0 Å². The third-order valence-corrected chi connectivity index (χ3v) is 7.37. The quantitative estimate of drug-likeness (QED) is 0.230. The molecule has 5 rings (SSSR count). The molecular weight excluding hydrogens is 500 g/mol. The number of ether oxygens (including phenoxy) is 1. The molecule has 35 heavy (non-hydrogen) atoms. The summed E-state index contributed by atoms with van der Waals surface area (Å²) in [6, 6.07) is 15.0. The van der Waals surface area contributed by atoms with Crippen molar-refractivity contribution in [1.82, 2.24) is 19.2 Å². The number of aryl methyl sites for hydroxylation is 5. The SMILES string of the molecule is CCCc1cc2c(C)nc3c(-c4c(C)cc(C)cc4Br)c(C)nn3c2n1Cc1ccc(OC)cc1. The van der Waals surface area contributed by atoms with Crippen molar-refractivity contribution < 1.29 is 4.74 Å². The number of aromatic nitrogens is 4. The Labute approximate surface area is 214 Å². The van der Waals surface area contributed by atoms with E-state index < -0.39 is 0 Å². The number of halogens is 1. The van der Waals surface area contributed by atoms with E-state index in [0.29, 0.717) is 0 Å². The van der Waals surface area contributed by atoms with Crippen molar-refractivity contribution in [2.75, 3.05) is 7.11 Å². The van der Waals surface area contributed by atoms with E-state index in [9.17, 15) is 0 Å². The van der Waals surface area contributed by atoms with Crippen LogP contribution < -0.4 is 4.74 Å². The maximum Gasteiger partial charge on any atom is 0.165 e. The zero-order chi connectivity index (χ0) is 24.9. The van der Waals surface area contributed by atoms with Crippen molar-refractivity contribution in [3.8, 4) is 16.9 Å². The monoisotopic (exact) mass is 530 g/mol. The summed E-state index contributed by atoms with van der Waals surface area (Å²) >= 11 is 3.82. The van der Waals surface area contributed by atoms with E-state index in [1.807, 2.05) is 12.1 Å². The lowest BCUT2D eigenvalue weighted by Crippen LogP contribution is -2.08. The number of hydrogen-bond donors (Lipinski definition) is 0. The molecule has 0 saturated carbocycles. The zero-order valence-corrected chi connectivity index (χ0v) is 22.8. The summed E-state index contributed by atoms with van der Waals surface area (Å²) in [5.74, 6) is 0.869. The highest BCUT2D eigenvalue weighted by Gasteiger charge is 2.23. The van der Waals surface area contributed by atoms with Gasteiger partial charge in [-0.25, -0.2) is 4.98 Å². The van der Waals surface area contributed by atoms with Crippen LogP contribution in [0.25, 0.3) is 27.8 Å². The van der Waals surface area contributed by atoms with E-state index in [4.69, 9.17) is 14.8 Å². The van der Waals surface area contributed by atoms with E-state index >= 15 is 0 Å². The molecule has 3 heterocycles. The van der Waals surface area contributed by atoms with E-state index in [0.717, 1.165) is 68.8 Å². The Kier molecular flexibility index (Phi) is 6.18. The second kappa shape index (κ2) is 9.15. The topological polar surface area (TPSA) is 44.4 Å². The molecule has 5 aromatic rings. The Morgan fingerprint density at radius 2 is 1.69 bits per heavy atom. The molecular formula is C29H31BrN4O. The largest absolute Gasteiger partial charge is 0.497 e. The molecule has 0 saturated heterocycles. The molecule has 6 heteroatoms. The second-order valence-corrected chi connectivity index (χ2v) is 10.2. The number of benzene rings is 2. The maximum atomic E-state index is 5.36. The first kappa shape index (κ1) is 23.6. The summed E-state index contributed by atoms with van der Waals surface area (Å²) in [6.45, 7) is 11.5. The van der Waals surface area contributed by atoms with Crippen LogP contribution in [0.4, 0.5) is 0 Å². The minimum Gasteiger partial charge on any atom is -0.497 e. The minimum absolute atomic E-state index is 0.767. The van der Waals surface area contributed by atoms with Crippen LogP contribution in [-0.2, 0) is 13.0 Å².